The van der Waals surface area contributed by atoms with E-state index in [0.717, 1.165) is 0 Å². The highest BCUT2D eigenvalue weighted by molar-refractivity contribution is 5.57. The zero-order valence-corrected chi connectivity index (χ0v) is 4.12. The molecule has 3 rings (SSSR count). The van der Waals surface area contributed by atoms with Crippen molar-refractivity contribution in [2.45, 2.75) is 24.8 Å². The lowest BCUT2D eigenvalue weighted by molar-refractivity contribution is 0.640. The molecule has 1 fully saturated rings. The van der Waals surface area contributed by atoms with Crippen molar-refractivity contribution in [2.24, 2.45) is 0 Å². The molecule has 0 bridgehead atoms. The van der Waals surface area contributed by atoms with E-state index in [-0.39, 0.29) is 0 Å². The van der Waals surface area contributed by atoms with Gasteiger partial charge in [-0.2, -0.15) is 0 Å². The highest BCUT2D eigenvalue weighted by Crippen LogP contribution is 2.60. The van der Waals surface area contributed by atoms with E-state index in [1.807, 2.05) is 0 Å². The van der Waals surface area contributed by atoms with Crippen LogP contribution in [0.4, 0.5) is 0 Å². The first-order valence-electron chi connectivity index (χ1n) is 2.91. The molecule has 1 N–H and O–H groups in total. The zero-order valence-electron chi connectivity index (χ0n) is 4.12. The Morgan fingerprint density at radius 3 is 2.43 bits per heavy atom. The highest BCUT2D eigenvalue weighted by Gasteiger charge is 2.60. The van der Waals surface area contributed by atoms with Crippen LogP contribution in [-0.4, -0.2) is 5.54 Å². The van der Waals surface area contributed by atoms with Crippen LogP contribution in [0.2, 0.25) is 0 Å². The Hall–Kier alpha value is -0.460. The summed E-state index contributed by atoms with van der Waals surface area (Å²) in [5, 5.41) is 3.45. The fourth-order valence-electron chi connectivity index (χ4n) is 1.56. The third kappa shape index (κ3) is 0.150. The SMILES string of the molecule is C1C2=C1C1(CC1)N2. The highest BCUT2D eigenvalue weighted by atomic mass is 15.2. The molecule has 0 radical (unpaired) electrons. The normalized spacial score (nSPS) is 36.6. The monoisotopic (exact) mass is 93.1 g/mol. The third-order valence-electron chi connectivity index (χ3n) is 2.31. The van der Waals surface area contributed by atoms with Crippen molar-refractivity contribution in [1.29, 1.82) is 0 Å². The van der Waals surface area contributed by atoms with Crippen LogP contribution in [0.5, 0.6) is 0 Å². The molecule has 36 valence electrons. The number of rotatable bonds is 0. The largest absolute Gasteiger partial charge is 0.379 e. The minimum atomic E-state index is 0.634. The zero-order chi connectivity index (χ0) is 4.48. The Labute approximate surface area is 42.4 Å². The quantitative estimate of drug-likeness (QED) is 0.466. The predicted molar refractivity (Wildman–Crippen MR) is 26.7 cm³/mol. The molecule has 0 aromatic rings. The number of fused-ring (bicyclic) bond motifs is 1. The van der Waals surface area contributed by atoms with Gasteiger partial charge in [-0.3, -0.25) is 0 Å². The average molecular weight is 93.1 g/mol. The lowest BCUT2D eigenvalue weighted by atomic mass is 10.2. The molecule has 0 unspecified atom stereocenters. The van der Waals surface area contributed by atoms with Crippen molar-refractivity contribution in [3.63, 3.8) is 0 Å². The summed E-state index contributed by atoms with van der Waals surface area (Å²) < 4.78 is 0. The molecule has 0 saturated heterocycles. The molecule has 1 spiro atoms. The maximum Gasteiger partial charge on any atom is 0.0608 e. The first-order chi connectivity index (χ1) is 3.41. The number of nitrogens with one attached hydrogen (secondary N) is 1. The molecule has 7 heavy (non-hydrogen) atoms. The van der Waals surface area contributed by atoms with E-state index in [0.29, 0.717) is 5.54 Å². The molecule has 0 aromatic heterocycles. The minimum absolute atomic E-state index is 0.634. The van der Waals surface area contributed by atoms with E-state index in [2.05, 4.69) is 5.32 Å². The Kier molecular flexibility index (Phi) is 0.186. The van der Waals surface area contributed by atoms with Gasteiger partial charge in [-0.15, -0.1) is 0 Å². The van der Waals surface area contributed by atoms with E-state index in [1.54, 1.807) is 11.3 Å². The second-order valence-electron chi connectivity index (χ2n) is 2.84. The van der Waals surface area contributed by atoms with E-state index in [1.165, 1.54) is 19.3 Å². The molecule has 0 atom stereocenters. The number of allylic oxidation sites excluding steroid dienone is 1. The van der Waals surface area contributed by atoms with Gasteiger partial charge in [0.1, 0.15) is 0 Å². The Balaban J connectivity index is 2.19. The van der Waals surface area contributed by atoms with Crippen LogP contribution in [0.1, 0.15) is 19.3 Å². The summed E-state index contributed by atoms with van der Waals surface area (Å²) >= 11 is 0. The van der Waals surface area contributed by atoms with Crippen molar-refractivity contribution < 1.29 is 0 Å². The summed E-state index contributed by atoms with van der Waals surface area (Å²) in [6.45, 7) is 0. The van der Waals surface area contributed by atoms with E-state index < -0.39 is 0 Å². The summed E-state index contributed by atoms with van der Waals surface area (Å²) in [6, 6.07) is 0. The summed E-state index contributed by atoms with van der Waals surface area (Å²) in [4.78, 5) is 0. The molecular formula is C6H7N. The second kappa shape index (κ2) is 0.473. The first-order valence-corrected chi connectivity index (χ1v) is 2.91. The summed E-state index contributed by atoms with van der Waals surface area (Å²) in [7, 11) is 0. The van der Waals surface area contributed by atoms with Gasteiger partial charge in [-0.05, 0) is 18.4 Å². The minimum Gasteiger partial charge on any atom is -0.379 e. The molecule has 1 heteroatoms. The van der Waals surface area contributed by atoms with Gasteiger partial charge < -0.3 is 5.32 Å². The summed E-state index contributed by atoms with van der Waals surface area (Å²) in [5.74, 6) is 0. The number of hydrogen-bond acceptors (Lipinski definition) is 1. The van der Waals surface area contributed by atoms with Crippen LogP contribution >= 0.6 is 0 Å². The molecule has 0 aromatic carbocycles. The van der Waals surface area contributed by atoms with Gasteiger partial charge in [0.2, 0.25) is 0 Å². The van der Waals surface area contributed by atoms with Gasteiger partial charge in [0.15, 0.2) is 0 Å². The fraction of sp³-hybridized carbons (Fsp3) is 0.667. The molecule has 1 aliphatic heterocycles. The maximum absolute atomic E-state index is 3.45. The first kappa shape index (κ1) is 2.75. The molecule has 1 heterocycles. The van der Waals surface area contributed by atoms with Gasteiger partial charge in [0, 0.05) is 12.1 Å². The van der Waals surface area contributed by atoms with Crippen molar-refractivity contribution >= 4 is 0 Å². The standard InChI is InChI=1S/C6H7N/c1-2-6(1)4-3-5(4)7-6/h7H,1-3H2. The Morgan fingerprint density at radius 2 is 2.29 bits per heavy atom. The fourth-order valence-corrected chi connectivity index (χ4v) is 1.56. The van der Waals surface area contributed by atoms with Crippen molar-refractivity contribution in [3.8, 4) is 0 Å². The van der Waals surface area contributed by atoms with Crippen LogP contribution in [0.15, 0.2) is 11.3 Å². The lowest BCUT2D eigenvalue weighted by Crippen LogP contribution is -2.31. The van der Waals surface area contributed by atoms with Crippen LogP contribution in [-0.2, 0) is 0 Å². The van der Waals surface area contributed by atoms with E-state index in [9.17, 15) is 0 Å². The van der Waals surface area contributed by atoms with Crippen molar-refractivity contribution in [3.05, 3.63) is 11.3 Å². The average Bonchev–Trinajstić information content (AvgIpc) is 2.27. The van der Waals surface area contributed by atoms with Gasteiger partial charge in [-0.1, -0.05) is 0 Å². The molecule has 2 aliphatic carbocycles. The lowest BCUT2D eigenvalue weighted by Gasteiger charge is -2.17. The van der Waals surface area contributed by atoms with E-state index >= 15 is 0 Å². The topological polar surface area (TPSA) is 12.0 Å². The van der Waals surface area contributed by atoms with Gasteiger partial charge in [0.05, 0.1) is 5.54 Å². The molecule has 3 aliphatic rings. The van der Waals surface area contributed by atoms with Gasteiger partial charge >= 0.3 is 0 Å². The van der Waals surface area contributed by atoms with E-state index in [4.69, 9.17) is 0 Å². The molecule has 1 nitrogen and oxygen atoms in total. The number of hydrogen-bond donors (Lipinski definition) is 1. The van der Waals surface area contributed by atoms with Gasteiger partial charge in [0.25, 0.3) is 0 Å². The van der Waals surface area contributed by atoms with Crippen molar-refractivity contribution in [1.82, 2.24) is 5.32 Å². The Bertz CT molecular complexity index is 175. The summed E-state index contributed by atoms with van der Waals surface area (Å²) in [5.41, 5.74) is 3.96. The molecule has 0 amide bonds. The second-order valence-corrected chi connectivity index (χ2v) is 2.84. The smallest absolute Gasteiger partial charge is 0.0608 e. The summed E-state index contributed by atoms with van der Waals surface area (Å²) in [6.07, 6.45) is 4.18. The van der Waals surface area contributed by atoms with Crippen LogP contribution in [0, 0.1) is 0 Å². The Morgan fingerprint density at radius 1 is 1.43 bits per heavy atom. The molecular weight excluding hydrogens is 86.1 g/mol. The van der Waals surface area contributed by atoms with Crippen LogP contribution in [0.3, 0.4) is 0 Å². The third-order valence-corrected chi connectivity index (χ3v) is 2.31. The predicted octanol–water partition coefficient (Wildman–Crippen LogP) is 0.780. The van der Waals surface area contributed by atoms with Crippen LogP contribution < -0.4 is 5.32 Å². The van der Waals surface area contributed by atoms with Crippen molar-refractivity contribution in [2.75, 3.05) is 0 Å². The van der Waals surface area contributed by atoms with Crippen LogP contribution in [0.25, 0.3) is 0 Å². The maximum atomic E-state index is 3.45. The van der Waals surface area contributed by atoms with Gasteiger partial charge in [-0.25, -0.2) is 0 Å². The molecule has 1 saturated carbocycles.